The van der Waals surface area contributed by atoms with Crippen molar-refractivity contribution in [1.29, 1.82) is 0 Å². The van der Waals surface area contributed by atoms with Crippen molar-refractivity contribution in [3.05, 3.63) is 41.1 Å². The molecule has 20 heavy (non-hydrogen) atoms. The molecule has 6 heteroatoms. The summed E-state index contributed by atoms with van der Waals surface area (Å²) in [7, 11) is 1.78. The van der Waals surface area contributed by atoms with Gasteiger partial charge >= 0.3 is 0 Å². The summed E-state index contributed by atoms with van der Waals surface area (Å²) < 4.78 is 7.54. The van der Waals surface area contributed by atoms with E-state index < -0.39 is 0 Å². The van der Waals surface area contributed by atoms with E-state index in [1.807, 2.05) is 31.2 Å². The second kappa shape index (κ2) is 6.02. The van der Waals surface area contributed by atoms with Crippen LogP contribution in [0.5, 0.6) is 11.6 Å². The highest BCUT2D eigenvalue weighted by Crippen LogP contribution is 2.29. The number of aliphatic hydroxyl groups excluding tert-OH is 1. The lowest BCUT2D eigenvalue weighted by Crippen LogP contribution is -2.11. The highest BCUT2D eigenvalue weighted by molar-refractivity contribution is 7.80. The number of nitrogens with zero attached hydrogens (tertiary/aromatic N) is 2. The standard InChI is InChI=1S/C14H17N3O2S/c1-9-12(13(15)20)14(17(2)16-9)19-11-6-4-3-5-10(11)7-8-18/h3-6,18H,7-8H2,1-2H3,(H2,15,20). The number of rotatable bonds is 5. The molecule has 106 valence electrons. The van der Waals surface area contributed by atoms with E-state index in [1.54, 1.807) is 11.7 Å². The summed E-state index contributed by atoms with van der Waals surface area (Å²) >= 11 is 5.06. The monoisotopic (exact) mass is 291 g/mol. The summed E-state index contributed by atoms with van der Waals surface area (Å²) in [5, 5.41) is 13.4. The van der Waals surface area contributed by atoms with E-state index in [0.29, 0.717) is 23.6 Å². The molecule has 5 nitrogen and oxygen atoms in total. The normalized spacial score (nSPS) is 10.6. The zero-order chi connectivity index (χ0) is 14.7. The molecule has 0 saturated heterocycles. The maximum absolute atomic E-state index is 9.10. The smallest absolute Gasteiger partial charge is 0.228 e. The number of benzene rings is 1. The van der Waals surface area contributed by atoms with Gasteiger partial charge in [0.25, 0.3) is 0 Å². The van der Waals surface area contributed by atoms with Crippen LogP contribution in [0.15, 0.2) is 24.3 Å². The van der Waals surface area contributed by atoms with Crippen molar-refractivity contribution in [3.8, 4) is 11.6 Å². The van der Waals surface area contributed by atoms with Crippen molar-refractivity contribution < 1.29 is 9.84 Å². The van der Waals surface area contributed by atoms with Crippen molar-refractivity contribution in [2.24, 2.45) is 12.8 Å². The number of hydrogen-bond donors (Lipinski definition) is 2. The fourth-order valence-electron chi connectivity index (χ4n) is 2.07. The Morgan fingerprint density at radius 3 is 2.80 bits per heavy atom. The zero-order valence-electron chi connectivity index (χ0n) is 11.5. The van der Waals surface area contributed by atoms with Gasteiger partial charge in [-0.3, -0.25) is 0 Å². The van der Waals surface area contributed by atoms with E-state index in [-0.39, 0.29) is 11.6 Å². The first-order valence-electron chi connectivity index (χ1n) is 6.24. The number of para-hydroxylation sites is 1. The van der Waals surface area contributed by atoms with E-state index >= 15 is 0 Å². The Kier molecular flexibility index (Phi) is 4.36. The summed E-state index contributed by atoms with van der Waals surface area (Å²) in [6.07, 6.45) is 0.523. The molecule has 0 aliphatic heterocycles. The molecule has 0 unspecified atom stereocenters. The lowest BCUT2D eigenvalue weighted by molar-refractivity contribution is 0.297. The minimum atomic E-state index is 0.0624. The summed E-state index contributed by atoms with van der Waals surface area (Å²) in [5.74, 6) is 1.18. The highest BCUT2D eigenvalue weighted by atomic mass is 32.1. The molecule has 1 aromatic carbocycles. The van der Waals surface area contributed by atoms with Crippen LogP contribution in [0, 0.1) is 6.92 Å². The van der Waals surface area contributed by atoms with Gasteiger partial charge in [0.2, 0.25) is 5.88 Å². The predicted molar refractivity (Wildman–Crippen MR) is 81.1 cm³/mol. The summed E-state index contributed by atoms with van der Waals surface area (Å²) in [6, 6.07) is 7.53. The number of nitrogens with two attached hydrogens (primary N) is 1. The summed E-state index contributed by atoms with van der Waals surface area (Å²) in [4.78, 5) is 0.255. The molecule has 0 amide bonds. The average molecular weight is 291 g/mol. The van der Waals surface area contributed by atoms with Crippen LogP contribution in [0.4, 0.5) is 0 Å². The lowest BCUT2D eigenvalue weighted by Gasteiger charge is -2.11. The molecule has 3 N–H and O–H groups in total. The van der Waals surface area contributed by atoms with Crippen LogP contribution >= 0.6 is 12.2 Å². The van der Waals surface area contributed by atoms with E-state index in [1.165, 1.54) is 0 Å². The van der Waals surface area contributed by atoms with Crippen LogP contribution in [0.2, 0.25) is 0 Å². The molecule has 0 radical (unpaired) electrons. The maximum atomic E-state index is 9.10. The van der Waals surface area contributed by atoms with Gasteiger partial charge in [-0.1, -0.05) is 30.4 Å². The third kappa shape index (κ3) is 2.81. The highest BCUT2D eigenvalue weighted by Gasteiger charge is 2.18. The first-order chi connectivity index (χ1) is 9.54. The number of hydrogen-bond acceptors (Lipinski definition) is 4. The van der Waals surface area contributed by atoms with Gasteiger partial charge in [-0.15, -0.1) is 0 Å². The van der Waals surface area contributed by atoms with E-state index in [9.17, 15) is 0 Å². The first kappa shape index (κ1) is 14.5. The van der Waals surface area contributed by atoms with E-state index in [2.05, 4.69) is 5.10 Å². The van der Waals surface area contributed by atoms with Gasteiger partial charge in [-0.05, 0) is 25.0 Å². The van der Waals surface area contributed by atoms with Gasteiger partial charge in [0.15, 0.2) is 0 Å². The molecule has 0 aliphatic carbocycles. The minimum absolute atomic E-state index is 0.0624. The topological polar surface area (TPSA) is 73.3 Å². The third-order valence-electron chi connectivity index (χ3n) is 2.98. The van der Waals surface area contributed by atoms with E-state index in [0.717, 1.165) is 11.3 Å². The molecule has 2 rings (SSSR count). The second-order valence-electron chi connectivity index (χ2n) is 4.44. The molecule has 0 atom stereocenters. The molecule has 1 heterocycles. The Morgan fingerprint density at radius 1 is 1.45 bits per heavy atom. The Labute approximate surface area is 123 Å². The molecule has 0 aliphatic rings. The van der Waals surface area contributed by atoms with Gasteiger partial charge < -0.3 is 15.6 Å². The van der Waals surface area contributed by atoms with Crippen molar-refractivity contribution in [3.63, 3.8) is 0 Å². The molecular weight excluding hydrogens is 274 g/mol. The summed E-state index contributed by atoms with van der Waals surface area (Å²) in [6.45, 7) is 1.90. The van der Waals surface area contributed by atoms with Gasteiger partial charge in [0, 0.05) is 13.7 Å². The molecule has 0 saturated carbocycles. The Balaban J connectivity index is 2.43. The molecular formula is C14H17N3O2S. The number of aromatic nitrogens is 2. The zero-order valence-corrected chi connectivity index (χ0v) is 12.3. The van der Waals surface area contributed by atoms with Crippen LogP contribution in [-0.2, 0) is 13.5 Å². The fourth-order valence-corrected chi connectivity index (χ4v) is 2.31. The van der Waals surface area contributed by atoms with Crippen LogP contribution in [0.3, 0.4) is 0 Å². The maximum Gasteiger partial charge on any atom is 0.228 e. The SMILES string of the molecule is Cc1nn(C)c(Oc2ccccc2CCO)c1C(N)=S. The quantitative estimate of drug-likeness (QED) is 0.820. The van der Waals surface area contributed by atoms with Crippen LogP contribution in [0.25, 0.3) is 0 Å². The van der Waals surface area contributed by atoms with Crippen molar-refractivity contribution in [2.75, 3.05) is 6.61 Å². The van der Waals surface area contributed by atoms with Crippen LogP contribution in [-0.4, -0.2) is 26.5 Å². The Bertz CT molecular complexity index is 637. The number of ether oxygens (including phenoxy) is 1. The van der Waals surface area contributed by atoms with Gasteiger partial charge in [0.05, 0.1) is 11.3 Å². The number of thiocarbonyl (C=S) groups is 1. The van der Waals surface area contributed by atoms with Crippen molar-refractivity contribution in [2.45, 2.75) is 13.3 Å². The molecule has 2 aromatic rings. The number of aliphatic hydroxyl groups is 1. The largest absolute Gasteiger partial charge is 0.438 e. The van der Waals surface area contributed by atoms with Gasteiger partial charge in [-0.2, -0.15) is 5.10 Å². The second-order valence-corrected chi connectivity index (χ2v) is 4.88. The fraction of sp³-hybridized carbons (Fsp3) is 0.286. The van der Waals surface area contributed by atoms with Crippen molar-refractivity contribution in [1.82, 2.24) is 9.78 Å². The first-order valence-corrected chi connectivity index (χ1v) is 6.65. The molecule has 1 aromatic heterocycles. The minimum Gasteiger partial charge on any atom is -0.438 e. The third-order valence-corrected chi connectivity index (χ3v) is 3.18. The van der Waals surface area contributed by atoms with Gasteiger partial charge in [0.1, 0.15) is 10.7 Å². The molecule has 0 fully saturated rings. The van der Waals surface area contributed by atoms with Gasteiger partial charge in [-0.25, -0.2) is 4.68 Å². The Morgan fingerprint density at radius 2 is 2.15 bits per heavy atom. The number of aryl methyl sites for hydroxylation is 2. The van der Waals surface area contributed by atoms with Crippen molar-refractivity contribution >= 4 is 17.2 Å². The lowest BCUT2D eigenvalue weighted by atomic mass is 10.1. The van der Waals surface area contributed by atoms with Crippen LogP contribution in [0.1, 0.15) is 16.8 Å². The summed E-state index contributed by atoms with van der Waals surface area (Å²) in [5.41, 5.74) is 8.03. The van der Waals surface area contributed by atoms with E-state index in [4.69, 9.17) is 27.8 Å². The average Bonchev–Trinajstić information content (AvgIpc) is 2.67. The molecule has 0 spiro atoms. The Hall–Kier alpha value is -1.92. The van der Waals surface area contributed by atoms with Crippen LogP contribution < -0.4 is 10.5 Å². The molecule has 0 bridgehead atoms. The predicted octanol–water partition coefficient (Wildman–Crippen LogP) is 1.69.